The van der Waals surface area contributed by atoms with Gasteiger partial charge in [0.2, 0.25) is 0 Å². The van der Waals surface area contributed by atoms with Gasteiger partial charge in [0.15, 0.2) is 5.78 Å². The molecule has 4 heteroatoms. The molecule has 0 saturated carbocycles. The molecule has 114 valence electrons. The van der Waals surface area contributed by atoms with Gasteiger partial charge in [0, 0.05) is 5.88 Å². The summed E-state index contributed by atoms with van der Waals surface area (Å²) >= 11 is 5.61. The van der Waals surface area contributed by atoms with Crippen LogP contribution in [0.5, 0.6) is 11.5 Å². The Morgan fingerprint density at radius 2 is 1.91 bits per heavy atom. The van der Waals surface area contributed by atoms with Gasteiger partial charge in [-0.1, -0.05) is 42.5 Å². The number of benzene rings is 2. The van der Waals surface area contributed by atoms with Crippen LogP contribution in [0.3, 0.4) is 0 Å². The van der Waals surface area contributed by atoms with Gasteiger partial charge in [-0.25, -0.2) is 0 Å². The lowest BCUT2D eigenvalue weighted by Crippen LogP contribution is -2.04. The number of ether oxygens (including phenoxy) is 1. The molecule has 22 heavy (non-hydrogen) atoms. The average molecular weight is 317 g/mol. The standard InChI is InChI=1S/C18H17ClO3/c19-12-5-13-22-17-9-4-8-15(20)18(17)16(21)11-10-14-6-2-1-3-7-14/h1-4,6-11,20H,5,12-13H2/b11-10+. The van der Waals surface area contributed by atoms with E-state index in [2.05, 4.69) is 0 Å². The van der Waals surface area contributed by atoms with Gasteiger partial charge in [0.05, 0.1) is 6.61 Å². The molecular formula is C18H17ClO3. The van der Waals surface area contributed by atoms with E-state index in [4.69, 9.17) is 16.3 Å². The quantitative estimate of drug-likeness (QED) is 0.358. The Hall–Kier alpha value is -2.26. The van der Waals surface area contributed by atoms with E-state index in [0.717, 1.165) is 5.56 Å². The molecule has 0 bridgehead atoms. The summed E-state index contributed by atoms with van der Waals surface area (Å²) in [4.78, 5) is 12.3. The Bertz CT molecular complexity index is 651. The summed E-state index contributed by atoms with van der Waals surface area (Å²) in [5.41, 5.74) is 1.08. The summed E-state index contributed by atoms with van der Waals surface area (Å²) in [6.07, 6.45) is 3.81. The molecule has 0 spiro atoms. The largest absolute Gasteiger partial charge is 0.507 e. The van der Waals surface area contributed by atoms with Crippen LogP contribution in [0.25, 0.3) is 6.08 Å². The molecule has 2 aromatic rings. The second kappa shape index (κ2) is 8.25. The fraction of sp³-hybridized carbons (Fsp3) is 0.167. The minimum Gasteiger partial charge on any atom is -0.507 e. The molecule has 0 aromatic heterocycles. The lowest BCUT2D eigenvalue weighted by Gasteiger charge is -2.10. The first-order valence-corrected chi connectivity index (χ1v) is 7.54. The molecule has 0 unspecified atom stereocenters. The number of allylic oxidation sites excluding steroid dienone is 1. The molecule has 0 heterocycles. The number of halogens is 1. The highest BCUT2D eigenvalue weighted by atomic mass is 35.5. The van der Waals surface area contributed by atoms with Crippen molar-refractivity contribution in [1.29, 1.82) is 0 Å². The zero-order valence-electron chi connectivity index (χ0n) is 12.0. The minimum absolute atomic E-state index is 0.0916. The molecule has 0 saturated heterocycles. The Balaban J connectivity index is 2.19. The van der Waals surface area contributed by atoms with Crippen LogP contribution in [-0.4, -0.2) is 23.4 Å². The van der Waals surface area contributed by atoms with Crippen LogP contribution in [0.2, 0.25) is 0 Å². The number of aromatic hydroxyl groups is 1. The first-order valence-electron chi connectivity index (χ1n) is 7.00. The highest BCUT2D eigenvalue weighted by molar-refractivity contribution is 6.17. The number of phenols is 1. The Kier molecular flexibility index (Phi) is 6.04. The molecule has 3 nitrogen and oxygen atoms in total. The number of ketones is 1. The fourth-order valence-corrected chi connectivity index (χ4v) is 2.05. The predicted molar refractivity (Wildman–Crippen MR) is 88.7 cm³/mol. The SMILES string of the molecule is O=C(/C=C/c1ccccc1)c1c(O)cccc1OCCCCl. The lowest BCUT2D eigenvalue weighted by atomic mass is 10.1. The van der Waals surface area contributed by atoms with Gasteiger partial charge in [-0.2, -0.15) is 0 Å². The highest BCUT2D eigenvalue weighted by Crippen LogP contribution is 2.28. The van der Waals surface area contributed by atoms with Crippen molar-refractivity contribution < 1.29 is 14.6 Å². The molecule has 0 aliphatic rings. The number of hydrogen-bond acceptors (Lipinski definition) is 3. The number of carbonyl (C=O) groups excluding carboxylic acids is 1. The van der Waals surface area contributed by atoms with Crippen LogP contribution in [0.4, 0.5) is 0 Å². The second-order valence-corrected chi connectivity index (χ2v) is 5.03. The molecule has 0 radical (unpaired) electrons. The summed E-state index contributed by atoms with van der Waals surface area (Å²) < 4.78 is 5.53. The number of hydrogen-bond donors (Lipinski definition) is 1. The Labute approximate surface area is 134 Å². The summed E-state index contributed by atoms with van der Waals surface area (Å²) in [7, 11) is 0. The van der Waals surface area contributed by atoms with Gasteiger partial charge in [-0.05, 0) is 30.2 Å². The summed E-state index contributed by atoms with van der Waals surface area (Å²) in [6, 6.07) is 14.3. The molecule has 0 fully saturated rings. The molecule has 0 atom stereocenters. The fourth-order valence-electron chi connectivity index (χ4n) is 1.94. The third-order valence-electron chi connectivity index (χ3n) is 3.01. The average Bonchev–Trinajstić information content (AvgIpc) is 2.54. The van der Waals surface area contributed by atoms with Crippen LogP contribution in [-0.2, 0) is 0 Å². The predicted octanol–water partition coefficient (Wildman–Crippen LogP) is 4.30. The van der Waals surface area contributed by atoms with Crippen LogP contribution in [0, 0.1) is 0 Å². The normalized spacial score (nSPS) is 10.8. The topological polar surface area (TPSA) is 46.5 Å². The molecular weight excluding hydrogens is 300 g/mol. The van der Waals surface area contributed by atoms with Crippen molar-refractivity contribution in [1.82, 2.24) is 0 Å². The van der Waals surface area contributed by atoms with Crippen LogP contribution < -0.4 is 4.74 Å². The molecule has 2 rings (SSSR count). The first kappa shape index (κ1) is 16.1. The van der Waals surface area contributed by atoms with E-state index in [1.165, 1.54) is 12.1 Å². The minimum atomic E-state index is -0.303. The zero-order chi connectivity index (χ0) is 15.8. The Morgan fingerprint density at radius 3 is 2.64 bits per heavy atom. The van der Waals surface area contributed by atoms with E-state index in [9.17, 15) is 9.90 Å². The molecule has 0 aliphatic heterocycles. The van der Waals surface area contributed by atoms with E-state index in [0.29, 0.717) is 24.7 Å². The van der Waals surface area contributed by atoms with Crippen molar-refractivity contribution in [2.75, 3.05) is 12.5 Å². The maximum absolute atomic E-state index is 12.3. The number of alkyl halides is 1. The van der Waals surface area contributed by atoms with Crippen molar-refractivity contribution in [3.8, 4) is 11.5 Å². The lowest BCUT2D eigenvalue weighted by molar-refractivity contribution is 0.104. The molecule has 0 aliphatic carbocycles. The van der Waals surface area contributed by atoms with Crippen LogP contribution >= 0.6 is 11.6 Å². The van der Waals surface area contributed by atoms with E-state index >= 15 is 0 Å². The van der Waals surface area contributed by atoms with Crippen molar-refractivity contribution >= 4 is 23.5 Å². The van der Waals surface area contributed by atoms with Gasteiger partial charge in [-0.15, -0.1) is 11.6 Å². The van der Waals surface area contributed by atoms with Crippen molar-refractivity contribution in [2.45, 2.75) is 6.42 Å². The molecule has 0 amide bonds. The Morgan fingerprint density at radius 1 is 1.14 bits per heavy atom. The van der Waals surface area contributed by atoms with Gasteiger partial charge < -0.3 is 9.84 Å². The van der Waals surface area contributed by atoms with E-state index in [1.807, 2.05) is 30.3 Å². The number of rotatable bonds is 7. The van der Waals surface area contributed by atoms with Crippen LogP contribution in [0.15, 0.2) is 54.6 Å². The smallest absolute Gasteiger partial charge is 0.193 e. The zero-order valence-corrected chi connectivity index (χ0v) is 12.8. The highest BCUT2D eigenvalue weighted by Gasteiger charge is 2.15. The third kappa shape index (κ3) is 4.37. The maximum Gasteiger partial charge on any atom is 0.193 e. The van der Waals surface area contributed by atoms with Gasteiger partial charge in [-0.3, -0.25) is 4.79 Å². The number of carbonyl (C=O) groups is 1. The summed E-state index contributed by atoms with van der Waals surface area (Å²) in [5, 5.41) is 9.95. The van der Waals surface area contributed by atoms with Gasteiger partial charge >= 0.3 is 0 Å². The molecule has 2 aromatic carbocycles. The van der Waals surface area contributed by atoms with Gasteiger partial charge in [0.25, 0.3) is 0 Å². The van der Waals surface area contributed by atoms with Gasteiger partial charge in [0.1, 0.15) is 17.1 Å². The third-order valence-corrected chi connectivity index (χ3v) is 3.28. The van der Waals surface area contributed by atoms with E-state index < -0.39 is 0 Å². The monoisotopic (exact) mass is 316 g/mol. The van der Waals surface area contributed by atoms with Crippen molar-refractivity contribution in [2.24, 2.45) is 0 Å². The van der Waals surface area contributed by atoms with Crippen LogP contribution in [0.1, 0.15) is 22.3 Å². The van der Waals surface area contributed by atoms with Crippen molar-refractivity contribution in [3.63, 3.8) is 0 Å². The molecule has 1 N–H and O–H groups in total. The second-order valence-electron chi connectivity index (χ2n) is 4.65. The summed E-state index contributed by atoms with van der Waals surface area (Å²) in [6.45, 7) is 0.398. The van der Waals surface area contributed by atoms with E-state index in [1.54, 1.807) is 18.2 Å². The summed E-state index contributed by atoms with van der Waals surface area (Å²) in [5.74, 6) is 0.456. The van der Waals surface area contributed by atoms with E-state index in [-0.39, 0.29) is 17.1 Å². The van der Waals surface area contributed by atoms with Crippen molar-refractivity contribution in [3.05, 3.63) is 65.7 Å². The number of phenolic OH excluding ortho intramolecular Hbond substituents is 1. The maximum atomic E-state index is 12.3. The first-order chi connectivity index (χ1) is 10.7.